The predicted octanol–water partition coefficient (Wildman–Crippen LogP) is 2.38. The summed E-state index contributed by atoms with van der Waals surface area (Å²) < 4.78 is 0. The normalized spacial score (nSPS) is 10.3. The number of thiocarbonyl (C=S) groups is 1. The monoisotopic (exact) mass is 286 g/mol. The number of nitrogens with one attached hydrogen (secondary N) is 1. The molecule has 2 aromatic rings. The molecule has 0 radical (unpaired) electrons. The van der Waals surface area contributed by atoms with Gasteiger partial charge in [-0.2, -0.15) is 0 Å². The van der Waals surface area contributed by atoms with Gasteiger partial charge in [0.25, 0.3) is 0 Å². The lowest BCUT2D eigenvalue weighted by atomic mass is 10.1. The van der Waals surface area contributed by atoms with Crippen LogP contribution in [-0.4, -0.2) is 21.5 Å². The average molecular weight is 286 g/mol. The Hall–Kier alpha value is -2.01. The Labute approximate surface area is 124 Å². The van der Waals surface area contributed by atoms with Crippen molar-refractivity contribution in [1.82, 2.24) is 9.97 Å². The van der Waals surface area contributed by atoms with Crippen LogP contribution in [0.5, 0.6) is 0 Å². The zero-order valence-corrected chi connectivity index (χ0v) is 12.5. The molecule has 0 bridgehead atoms. The van der Waals surface area contributed by atoms with Crippen LogP contribution in [0, 0.1) is 13.8 Å². The first kappa shape index (κ1) is 14.4. The van der Waals surface area contributed by atoms with Gasteiger partial charge in [-0.25, -0.2) is 9.97 Å². The van der Waals surface area contributed by atoms with Gasteiger partial charge in [0, 0.05) is 12.2 Å². The second kappa shape index (κ2) is 6.43. The Morgan fingerprint density at radius 3 is 2.70 bits per heavy atom. The lowest BCUT2D eigenvalue weighted by Crippen LogP contribution is -2.15. The lowest BCUT2D eigenvalue weighted by Gasteiger charge is -2.09. The molecule has 0 fully saturated rings. The molecule has 0 aliphatic carbocycles. The van der Waals surface area contributed by atoms with Crippen molar-refractivity contribution in [3.05, 3.63) is 52.8 Å². The molecule has 0 amide bonds. The largest absolute Gasteiger partial charge is 0.388 e. The van der Waals surface area contributed by atoms with Gasteiger partial charge >= 0.3 is 0 Å². The molecule has 0 saturated heterocycles. The molecule has 1 aromatic heterocycles. The van der Waals surface area contributed by atoms with Gasteiger partial charge in [0.2, 0.25) is 5.95 Å². The third kappa shape index (κ3) is 3.74. The summed E-state index contributed by atoms with van der Waals surface area (Å²) in [5.74, 6) is 0.571. The van der Waals surface area contributed by atoms with Crippen LogP contribution in [-0.2, 0) is 6.42 Å². The molecule has 0 saturated carbocycles. The van der Waals surface area contributed by atoms with E-state index in [2.05, 4.69) is 40.4 Å². The molecule has 0 atom stereocenters. The van der Waals surface area contributed by atoms with Crippen molar-refractivity contribution in [3.63, 3.8) is 0 Å². The number of rotatable bonds is 5. The van der Waals surface area contributed by atoms with Gasteiger partial charge in [-0.05, 0) is 37.5 Å². The highest BCUT2D eigenvalue weighted by Gasteiger charge is 2.04. The first-order valence-corrected chi connectivity index (χ1v) is 6.91. The van der Waals surface area contributed by atoms with E-state index in [1.807, 2.05) is 13.0 Å². The van der Waals surface area contributed by atoms with E-state index >= 15 is 0 Å². The van der Waals surface area contributed by atoms with E-state index in [-0.39, 0.29) is 4.99 Å². The molecule has 1 aromatic carbocycles. The molecule has 104 valence electrons. The number of nitrogens with zero attached hydrogens (tertiary/aromatic N) is 2. The topological polar surface area (TPSA) is 63.8 Å². The summed E-state index contributed by atoms with van der Waals surface area (Å²) in [5, 5.41) is 3.22. The van der Waals surface area contributed by atoms with Gasteiger partial charge in [0.1, 0.15) is 10.7 Å². The predicted molar refractivity (Wildman–Crippen MR) is 86.0 cm³/mol. The van der Waals surface area contributed by atoms with Crippen LogP contribution in [0.15, 0.2) is 30.3 Å². The van der Waals surface area contributed by atoms with Gasteiger partial charge in [-0.15, -0.1) is 0 Å². The van der Waals surface area contributed by atoms with Crippen LogP contribution in [0.2, 0.25) is 0 Å². The number of anilines is 1. The highest BCUT2D eigenvalue weighted by atomic mass is 32.1. The smallest absolute Gasteiger partial charge is 0.223 e. The molecule has 20 heavy (non-hydrogen) atoms. The van der Waals surface area contributed by atoms with Crippen molar-refractivity contribution in [2.75, 3.05) is 11.9 Å². The first-order valence-electron chi connectivity index (χ1n) is 6.50. The van der Waals surface area contributed by atoms with Crippen molar-refractivity contribution in [2.45, 2.75) is 20.3 Å². The average Bonchev–Trinajstić information content (AvgIpc) is 2.40. The van der Waals surface area contributed by atoms with Crippen LogP contribution in [0.1, 0.15) is 22.5 Å². The van der Waals surface area contributed by atoms with Crippen LogP contribution in [0.25, 0.3) is 0 Å². The van der Waals surface area contributed by atoms with Crippen LogP contribution in [0.3, 0.4) is 0 Å². The summed E-state index contributed by atoms with van der Waals surface area (Å²) in [6.45, 7) is 4.78. The number of hydrogen-bond donors (Lipinski definition) is 2. The summed E-state index contributed by atoms with van der Waals surface area (Å²) >= 11 is 4.95. The number of hydrogen-bond acceptors (Lipinski definition) is 4. The molecule has 0 aliphatic rings. The second-order valence-corrected chi connectivity index (χ2v) is 5.13. The Bertz CT molecular complexity index is 625. The highest BCUT2D eigenvalue weighted by molar-refractivity contribution is 7.80. The summed E-state index contributed by atoms with van der Waals surface area (Å²) in [4.78, 5) is 8.92. The fourth-order valence-corrected chi connectivity index (χ4v) is 2.08. The Morgan fingerprint density at radius 2 is 2.00 bits per heavy atom. The SMILES string of the molecule is Cc1cc(C(N)=S)nc(NCCc2ccccc2C)n1. The number of aryl methyl sites for hydroxylation is 2. The fourth-order valence-electron chi connectivity index (χ4n) is 1.97. The quantitative estimate of drug-likeness (QED) is 0.826. The highest BCUT2D eigenvalue weighted by Crippen LogP contribution is 2.09. The molecule has 0 spiro atoms. The summed E-state index contributed by atoms with van der Waals surface area (Å²) in [7, 11) is 0. The zero-order valence-electron chi connectivity index (χ0n) is 11.7. The maximum Gasteiger partial charge on any atom is 0.223 e. The van der Waals surface area contributed by atoms with Gasteiger partial charge in [-0.3, -0.25) is 0 Å². The van der Waals surface area contributed by atoms with Crippen LogP contribution < -0.4 is 11.1 Å². The number of nitrogens with two attached hydrogens (primary N) is 1. The van der Waals surface area contributed by atoms with Gasteiger partial charge in [-0.1, -0.05) is 36.5 Å². The van der Waals surface area contributed by atoms with E-state index in [0.717, 1.165) is 18.7 Å². The molecule has 3 N–H and O–H groups in total. The number of aromatic nitrogens is 2. The summed E-state index contributed by atoms with van der Waals surface area (Å²) in [6, 6.07) is 10.1. The summed E-state index contributed by atoms with van der Waals surface area (Å²) in [5.41, 5.74) is 9.67. The van der Waals surface area contributed by atoms with E-state index in [1.165, 1.54) is 11.1 Å². The Kier molecular flexibility index (Phi) is 4.63. The molecule has 0 aliphatic heterocycles. The molecule has 1 heterocycles. The number of benzene rings is 1. The Morgan fingerprint density at radius 1 is 1.25 bits per heavy atom. The minimum absolute atomic E-state index is 0.289. The van der Waals surface area contributed by atoms with Gasteiger partial charge in [0.05, 0.1) is 0 Å². The van der Waals surface area contributed by atoms with Crippen molar-refractivity contribution >= 4 is 23.2 Å². The van der Waals surface area contributed by atoms with E-state index in [9.17, 15) is 0 Å². The third-order valence-electron chi connectivity index (χ3n) is 3.05. The van der Waals surface area contributed by atoms with E-state index < -0.39 is 0 Å². The van der Waals surface area contributed by atoms with Crippen molar-refractivity contribution < 1.29 is 0 Å². The molecule has 2 rings (SSSR count). The lowest BCUT2D eigenvalue weighted by molar-refractivity contribution is 0.964. The third-order valence-corrected chi connectivity index (χ3v) is 3.25. The summed E-state index contributed by atoms with van der Waals surface area (Å²) in [6.07, 6.45) is 0.923. The molecule has 0 unspecified atom stereocenters. The van der Waals surface area contributed by atoms with Gasteiger partial charge < -0.3 is 11.1 Å². The first-order chi connectivity index (χ1) is 9.56. The van der Waals surface area contributed by atoms with Crippen molar-refractivity contribution in [1.29, 1.82) is 0 Å². The van der Waals surface area contributed by atoms with E-state index in [1.54, 1.807) is 6.07 Å². The molecular weight excluding hydrogens is 268 g/mol. The Balaban J connectivity index is 2.01. The van der Waals surface area contributed by atoms with Gasteiger partial charge in [0.15, 0.2) is 0 Å². The standard InChI is InChI=1S/C15H18N4S/c1-10-5-3-4-6-12(10)7-8-17-15-18-11(2)9-13(19-15)14(16)20/h3-6,9H,7-8H2,1-2H3,(H2,16,20)(H,17,18,19). The van der Waals surface area contributed by atoms with Crippen LogP contribution in [0.4, 0.5) is 5.95 Å². The second-order valence-electron chi connectivity index (χ2n) is 4.69. The maximum atomic E-state index is 5.60. The van der Waals surface area contributed by atoms with Crippen molar-refractivity contribution in [2.24, 2.45) is 5.73 Å². The van der Waals surface area contributed by atoms with E-state index in [0.29, 0.717) is 11.6 Å². The minimum atomic E-state index is 0.289. The van der Waals surface area contributed by atoms with Crippen LogP contribution >= 0.6 is 12.2 Å². The fraction of sp³-hybridized carbons (Fsp3) is 0.267. The maximum absolute atomic E-state index is 5.60. The van der Waals surface area contributed by atoms with Crippen molar-refractivity contribution in [3.8, 4) is 0 Å². The minimum Gasteiger partial charge on any atom is -0.388 e. The molecular formula is C15H18N4S. The molecule has 5 heteroatoms. The van der Waals surface area contributed by atoms with E-state index in [4.69, 9.17) is 18.0 Å². The zero-order chi connectivity index (χ0) is 14.5. The molecule has 4 nitrogen and oxygen atoms in total.